The first-order valence-electron chi connectivity index (χ1n) is 9.39. The standard InChI is InChI=1S/C20H26N4O3Si/c1-28(2,3)9-8-27-14-24-20(26)17(10-21)18(11-22-24)23-12-15-6-4-5-7-16(15)19(23)13-25/h4-7,11,19,25H,8-9,12-14H2,1-3H3. The summed E-state index contributed by atoms with van der Waals surface area (Å²) in [5.41, 5.74) is 2.08. The third-order valence-corrected chi connectivity index (χ3v) is 6.66. The smallest absolute Gasteiger partial charge is 0.289 e. The molecule has 1 atom stereocenters. The Balaban J connectivity index is 1.83. The van der Waals surface area contributed by atoms with Crippen LogP contribution in [0.2, 0.25) is 25.7 Å². The molecular weight excluding hydrogens is 372 g/mol. The van der Waals surface area contributed by atoms with Gasteiger partial charge in [-0.3, -0.25) is 4.79 Å². The van der Waals surface area contributed by atoms with E-state index in [-0.39, 0.29) is 24.9 Å². The zero-order chi connectivity index (χ0) is 20.3. The van der Waals surface area contributed by atoms with Gasteiger partial charge in [0.05, 0.1) is 24.5 Å². The SMILES string of the molecule is C[Si](C)(C)CCOCn1ncc(N2Cc3ccccc3C2CO)c(C#N)c1=O. The van der Waals surface area contributed by atoms with Crippen molar-refractivity contribution in [3.05, 3.63) is 57.5 Å². The second kappa shape index (κ2) is 8.27. The van der Waals surface area contributed by atoms with E-state index >= 15 is 0 Å². The van der Waals surface area contributed by atoms with Crippen LogP contribution in [0.4, 0.5) is 5.69 Å². The van der Waals surface area contributed by atoms with Crippen LogP contribution in [0.5, 0.6) is 0 Å². The average Bonchev–Trinajstić information content (AvgIpc) is 3.03. The van der Waals surface area contributed by atoms with E-state index in [2.05, 4.69) is 24.7 Å². The van der Waals surface area contributed by atoms with Crippen molar-refractivity contribution in [2.45, 2.75) is 45.0 Å². The fourth-order valence-corrected chi connectivity index (χ4v) is 4.10. The Bertz CT molecular complexity index is 946. The minimum atomic E-state index is -1.21. The lowest BCUT2D eigenvalue weighted by molar-refractivity contribution is 0.0749. The molecule has 1 aliphatic rings. The maximum Gasteiger partial charge on any atom is 0.289 e. The monoisotopic (exact) mass is 398 g/mol. The minimum Gasteiger partial charge on any atom is -0.394 e. The lowest BCUT2D eigenvalue weighted by Gasteiger charge is -2.26. The van der Waals surface area contributed by atoms with Crippen molar-refractivity contribution in [2.24, 2.45) is 0 Å². The molecule has 0 bridgehead atoms. The zero-order valence-corrected chi connectivity index (χ0v) is 17.6. The van der Waals surface area contributed by atoms with Crippen LogP contribution in [-0.4, -0.2) is 36.2 Å². The number of benzene rings is 1. The summed E-state index contributed by atoms with van der Waals surface area (Å²) in [5, 5.41) is 23.7. The summed E-state index contributed by atoms with van der Waals surface area (Å²) in [4.78, 5) is 14.6. The largest absolute Gasteiger partial charge is 0.394 e. The van der Waals surface area contributed by atoms with Gasteiger partial charge in [-0.2, -0.15) is 10.4 Å². The Labute approximate surface area is 165 Å². The van der Waals surface area contributed by atoms with Crippen LogP contribution in [0.15, 0.2) is 35.3 Å². The van der Waals surface area contributed by atoms with Gasteiger partial charge in [0.2, 0.25) is 0 Å². The van der Waals surface area contributed by atoms with E-state index < -0.39 is 13.6 Å². The van der Waals surface area contributed by atoms with Gasteiger partial charge >= 0.3 is 0 Å². The predicted molar refractivity (Wildman–Crippen MR) is 110 cm³/mol. The molecule has 0 spiro atoms. The highest BCUT2D eigenvalue weighted by Gasteiger charge is 2.32. The first-order chi connectivity index (χ1) is 13.4. The molecule has 7 nitrogen and oxygen atoms in total. The molecule has 3 rings (SSSR count). The summed E-state index contributed by atoms with van der Waals surface area (Å²) < 4.78 is 6.79. The van der Waals surface area contributed by atoms with Crippen molar-refractivity contribution in [2.75, 3.05) is 18.1 Å². The Morgan fingerprint density at radius 2 is 2.11 bits per heavy atom. The molecule has 0 amide bonds. The molecule has 2 aromatic rings. The van der Waals surface area contributed by atoms with Crippen molar-refractivity contribution in [3.8, 4) is 6.07 Å². The van der Waals surface area contributed by atoms with Crippen LogP contribution >= 0.6 is 0 Å². The molecular formula is C20H26N4O3Si. The Kier molecular flexibility index (Phi) is 5.98. The number of anilines is 1. The number of aromatic nitrogens is 2. The van der Waals surface area contributed by atoms with Crippen molar-refractivity contribution >= 4 is 13.8 Å². The zero-order valence-electron chi connectivity index (χ0n) is 16.6. The maximum absolute atomic E-state index is 12.8. The molecule has 0 fully saturated rings. The third kappa shape index (κ3) is 4.17. The van der Waals surface area contributed by atoms with Gasteiger partial charge in [0.15, 0.2) is 0 Å². The van der Waals surface area contributed by atoms with Crippen LogP contribution in [0, 0.1) is 11.3 Å². The van der Waals surface area contributed by atoms with E-state index in [0.29, 0.717) is 18.8 Å². The summed E-state index contributed by atoms with van der Waals surface area (Å²) in [6.45, 7) is 7.79. The van der Waals surface area contributed by atoms with E-state index in [1.54, 1.807) is 0 Å². The normalized spacial score (nSPS) is 16.1. The van der Waals surface area contributed by atoms with Gasteiger partial charge in [0.1, 0.15) is 18.4 Å². The molecule has 148 valence electrons. The highest BCUT2D eigenvalue weighted by atomic mass is 28.3. The quantitative estimate of drug-likeness (QED) is 0.569. The Hall–Kier alpha value is -2.47. The van der Waals surface area contributed by atoms with Gasteiger partial charge in [-0.1, -0.05) is 43.9 Å². The number of aliphatic hydroxyl groups is 1. The van der Waals surface area contributed by atoms with Crippen molar-refractivity contribution in [1.29, 1.82) is 5.26 Å². The minimum absolute atomic E-state index is 0.0232. The number of nitrogens with zero attached hydrogens (tertiary/aromatic N) is 4. The Morgan fingerprint density at radius 3 is 2.79 bits per heavy atom. The van der Waals surface area contributed by atoms with E-state index in [1.807, 2.05) is 35.2 Å². The highest BCUT2D eigenvalue weighted by Crippen LogP contribution is 2.37. The average molecular weight is 399 g/mol. The predicted octanol–water partition coefficient (Wildman–Crippen LogP) is 2.48. The van der Waals surface area contributed by atoms with E-state index in [0.717, 1.165) is 17.2 Å². The molecule has 2 heterocycles. The van der Waals surface area contributed by atoms with E-state index in [9.17, 15) is 15.2 Å². The summed E-state index contributed by atoms with van der Waals surface area (Å²) in [6.07, 6.45) is 1.52. The summed E-state index contributed by atoms with van der Waals surface area (Å²) in [5.74, 6) is 0. The van der Waals surface area contributed by atoms with Crippen LogP contribution in [0.25, 0.3) is 0 Å². The summed E-state index contributed by atoms with van der Waals surface area (Å²) >= 11 is 0. The highest BCUT2D eigenvalue weighted by molar-refractivity contribution is 6.76. The van der Waals surface area contributed by atoms with Gasteiger partial charge in [0, 0.05) is 21.2 Å². The van der Waals surface area contributed by atoms with Gasteiger partial charge in [-0.05, 0) is 17.2 Å². The number of rotatable bonds is 7. The van der Waals surface area contributed by atoms with Crippen LogP contribution in [-0.2, 0) is 18.0 Å². The molecule has 8 heteroatoms. The number of fused-ring (bicyclic) bond motifs is 1. The maximum atomic E-state index is 12.8. The molecule has 1 aromatic carbocycles. The first-order valence-corrected chi connectivity index (χ1v) is 13.1. The molecule has 28 heavy (non-hydrogen) atoms. The molecule has 0 saturated heterocycles. The van der Waals surface area contributed by atoms with Crippen LogP contribution in [0.3, 0.4) is 0 Å². The molecule has 1 aromatic heterocycles. The number of nitriles is 1. The Morgan fingerprint density at radius 1 is 1.36 bits per heavy atom. The molecule has 0 radical (unpaired) electrons. The fourth-order valence-electron chi connectivity index (χ4n) is 3.34. The second-order valence-electron chi connectivity index (χ2n) is 8.19. The fraction of sp³-hybridized carbons (Fsp3) is 0.450. The van der Waals surface area contributed by atoms with Crippen LogP contribution < -0.4 is 10.5 Å². The third-order valence-electron chi connectivity index (χ3n) is 4.96. The van der Waals surface area contributed by atoms with Crippen molar-refractivity contribution in [3.63, 3.8) is 0 Å². The van der Waals surface area contributed by atoms with E-state index in [4.69, 9.17) is 4.74 Å². The van der Waals surface area contributed by atoms with Gasteiger partial charge in [0.25, 0.3) is 5.56 Å². The summed E-state index contributed by atoms with van der Waals surface area (Å²) in [6, 6.07) is 10.5. The van der Waals surface area contributed by atoms with Gasteiger partial charge < -0.3 is 14.7 Å². The van der Waals surface area contributed by atoms with Crippen LogP contribution in [0.1, 0.15) is 22.7 Å². The van der Waals surface area contributed by atoms with Gasteiger partial charge in [-0.25, -0.2) is 4.68 Å². The lowest BCUT2D eigenvalue weighted by Crippen LogP contribution is -2.32. The first kappa shape index (κ1) is 20.3. The molecule has 1 unspecified atom stereocenters. The molecule has 1 aliphatic heterocycles. The lowest BCUT2D eigenvalue weighted by atomic mass is 10.1. The number of hydrogen-bond donors (Lipinski definition) is 1. The van der Waals surface area contributed by atoms with Crippen molar-refractivity contribution in [1.82, 2.24) is 9.78 Å². The molecule has 0 saturated carbocycles. The number of ether oxygens (including phenoxy) is 1. The second-order valence-corrected chi connectivity index (χ2v) is 13.8. The summed E-state index contributed by atoms with van der Waals surface area (Å²) in [7, 11) is -1.21. The van der Waals surface area contributed by atoms with Crippen molar-refractivity contribution < 1.29 is 9.84 Å². The van der Waals surface area contributed by atoms with Gasteiger partial charge in [-0.15, -0.1) is 0 Å². The van der Waals surface area contributed by atoms with E-state index in [1.165, 1.54) is 10.9 Å². The number of aliphatic hydroxyl groups excluding tert-OH is 1. The number of hydrogen-bond acceptors (Lipinski definition) is 6. The molecule has 1 N–H and O–H groups in total. The molecule has 0 aliphatic carbocycles. The topological polar surface area (TPSA) is 91.4 Å².